The number of hydrogen-bond acceptors (Lipinski definition) is 8. The van der Waals surface area contributed by atoms with E-state index in [1.807, 2.05) is 67.6 Å². The van der Waals surface area contributed by atoms with Crippen LogP contribution in [0.2, 0.25) is 0 Å². The molecule has 0 aliphatic carbocycles. The van der Waals surface area contributed by atoms with Crippen LogP contribution < -0.4 is 9.64 Å². The Morgan fingerprint density at radius 3 is 2.35 bits per heavy atom. The molecule has 4 aromatic rings. The number of thiazole rings is 1. The SMILES string of the molecule is C=CCOC(=O)c1sc(N2C(=O)C(=O)/C(=C(/O)c3ccc(OCc4ccccc4)cc3)C2C(C)c2ccccc2)nc1C. The molecule has 1 aliphatic rings. The summed E-state index contributed by atoms with van der Waals surface area (Å²) in [6.07, 6.45) is 1.46. The van der Waals surface area contributed by atoms with Gasteiger partial charge in [-0.25, -0.2) is 9.78 Å². The van der Waals surface area contributed by atoms with Gasteiger partial charge in [-0.1, -0.05) is 91.6 Å². The maximum Gasteiger partial charge on any atom is 0.350 e. The topological polar surface area (TPSA) is 106 Å². The monoisotopic (exact) mass is 594 g/mol. The Morgan fingerprint density at radius 2 is 1.70 bits per heavy atom. The maximum absolute atomic E-state index is 13.6. The van der Waals surface area contributed by atoms with Gasteiger partial charge in [0.2, 0.25) is 0 Å². The molecule has 1 aliphatic heterocycles. The van der Waals surface area contributed by atoms with Gasteiger partial charge in [-0.2, -0.15) is 0 Å². The third-order valence-corrected chi connectivity index (χ3v) is 8.31. The number of aliphatic hydroxyl groups is 1. The van der Waals surface area contributed by atoms with Crippen molar-refractivity contribution in [3.8, 4) is 5.75 Å². The highest BCUT2D eigenvalue weighted by Gasteiger charge is 2.50. The average molecular weight is 595 g/mol. The smallest absolute Gasteiger partial charge is 0.350 e. The summed E-state index contributed by atoms with van der Waals surface area (Å²) in [6, 6.07) is 24.9. The van der Waals surface area contributed by atoms with Crippen LogP contribution in [0.25, 0.3) is 5.76 Å². The summed E-state index contributed by atoms with van der Waals surface area (Å²) in [5.74, 6) is -2.40. The van der Waals surface area contributed by atoms with Crippen LogP contribution in [0.5, 0.6) is 5.75 Å². The van der Waals surface area contributed by atoms with Gasteiger partial charge in [-0.15, -0.1) is 0 Å². The Kier molecular flexibility index (Phi) is 8.82. The van der Waals surface area contributed by atoms with Crippen LogP contribution >= 0.6 is 11.3 Å². The quantitative estimate of drug-likeness (QED) is 0.0741. The fraction of sp³-hybridized carbons (Fsp3) is 0.176. The fourth-order valence-electron chi connectivity index (χ4n) is 4.96. The summed E-state index contributed by atoms with van der Waals surface area (Å²) < 4.78 is 11.0. The van der Waals surface area contributed by atoms with Gasteiger partial charge >= 0.3 is 11.9 Å². The molecule has 3 aromatic carbocycles. The van der Waals surface area contributed by atoms with E-state index in [-0.39, 0.29) is 27.9 Å². The maximum atomic E-state index is 13.6. The highest BCUT2D eigenvalue weighted by atomic mass is 32.1. The van der Waals surface area contributed by atoms with E-state index >= 15 is 0 Å². The molecule has 2 heterocycles. The summed E-state index contributed by atoms with van der Waals surface area (Å²) in [6.45, 7) is 7.47. The Balaban J connectivity index is 1.52. The number of nitrogens with zero attached hydrogens (tertiary/aromatic N) is 2. The molecule has 2 unspecified atom stereocenters. The Bertz CT molecular complexity index is 1680. The van der Waals surface area contributed by atoms with Crippen molar-refractivity contribution in [2.75, 3.05) is 11.5 Å². The third-order valence-electron chi connectivity index (χ3n) is 7.17. The molecule has 43 heavy (non-hydrogen) atoms. The molecule has 0 saturated carbocycles. The van der Waals surface area contributed by atoms with Crippen molar-refractivity contribution in [3.63, 3.8) is 0 Å². The number of carbonyl (C=O) groups excluding carboxylic acids is 3. The number of ether oxygens (including phenoxy) is 2. The number of amides is 1. The first-order valence-corrected chi connectivity index (χ1v) is 14.5. The minimum atomic E-state index is -0.890. The summed E-state index contributed by atoms with van der Waals surface area (Å²) in [5.41, 5.74) is 2.56. The van der Waals surface area contributed by atoms with Crippen molar-refractivity contribution < 1.29 is 29.0 Å². The lowest BCUT2D eigenvalue weighted by Crippen LogP contribution is -2.37. The van der Waals surface area contributed by atoms with Gasteiger partial charge in [-0.05, 0) is 42.3 Å². The molecule has 5 rings (SSSR count). The van der Waals surface area contributed by atoms with Gasteiger partial charge in [0, 0.05) is 11.5 Å². The van der Waals surface area contributed by atoms with Gasteiger partial charge in [-0.3, -0.25) is 14.5 Å². The standard InChI is InChI=1S/C34H30N2O6S/c1-4-19-41-33(40)31-22(3)35-34(43-31)36-28(21(2)24-13-9-6-10-14-24)27(30(38)32(36)39)29(37)25-15-17-26(18-16-25)42-20-23-11-7-5-8-12-23/h4-18,21,28,37H,1,19-20H2,2-3H3/b29-27+. The number of aryl methyl sites for hydroxylation is 1. The second-order valence-corrected chi connectivity index (χ2v) is 11.0. The number of carbonyl (C=O) groups is 3. The molecule has 0 spiro atoms. The molecule has 2 atom stereocenters. The normalized spacial score (nSPS) is 16.6. The summed E-state index contributed by atoms with van der Waals surface area (Å²) in [4.78, 5) is 45.8. The first-order chi connectivity index (χ1) is 20.8. The van der Waals surface area contributed by atoms with E-state index in [1.165, 1.54) is 11.0 Å². The second kappa shape index (κ2) is 12.9. The second-order valence-electron chi connectivity index (χ2n) is 10.0. The first-order valence-electron chi connectivity index (χ1n) is 13.7. The predicted octanol–water partition coefficient (Wildman–Crippen LogP) is 6.43. The average Bonchev–Trinajstić information content (AvgIpc) is 3.55. The highest BCUT2D eigenvalue weighted by Crippen LogP contribution is 2.42. The number of ketones is 1. The number of aliphatic hydroxyl groups excluding tert-OH is 1. The van der Waals surface area contributed by atoms with Crippen molar-refractivity contribution in [2.24, 2.45) is 0 Å². The van der Waals surface area contributed by atoms with E-state index < -0.39 is 29.6 Å². The van der Waals surface area contributed by atoms with Gasteiger partial charge < -0.3 is 14.6 Å². The molecule has 1 fully saturated rings. The van der Waals surface area contributed by atoms with Crippen molar-refractivity contribution in [1.82, 2.24) is 4.98 Å². The number of hydrogen-bond donors (Lipinski definition) is 1. The fourth-order valence-corrected chi connectivity index (χ4v) is 5.96. The van der Waals surface area contributed by atoms with E-state index in [0.29, 0.717) is 23.6 Å². The molecule has 218 valence electrons. The number of aromatic nitrogens is 1. The van der Waals surface area contributed by atoms with Crippen LogP contribution in [0.1, 0.15) is 44.9 Å². The number of anilines is 1. The van der Waals surface area contributed by atoms with Crippen molar-refractivity contribution >= 4 is 39.9 Å². The molecule has 1 aromatic heterocycles. The van der Waals surface area contributed by atoms with E-state index in [2.05, 4.69) is 11.6 Å². The zero-order valence-electron chi connectivity index (χ0n) is 23.7. The van der Waals surface area contributed by atoms with Crippen LogP contribution in [-0.2, 0) is 20.9 Å². The van der Waals surface area contributed by atoms with Crippen molar-refractivity contribution in [3.05, 3.63) is 130 Å². The number of esters is 1. The van der Waals surface area contributed by atoms with Gasteiger partial charge in [0.15, 0.2) is 5.13 Å². The van der Waals surface area contributed by atoms with Crippen LogP contribution in [0.3, 0.4) is 0 Å². The number of rotatable bonds is 10. The molecule has 0 radical (unpaired) electrons. The number of benzene rings is 3. The van der Waals surface area contributed by atoms with E-state index in [0.717, 1.165) is 22.5 Å². The van der Waals surface area contributed by atoms with Gasteiger partial charge in [0.1, 0.15) is 29.6 Å². The molecule has 9 heteroatoms. The molecule has 1 saturated heterocycles. The van der Waals surface area contributed by atoms with E-state index in [9.17, 15) is 19.5 Å². The van der Waals surface area contributed by atoms with Crippen LogP contribution in [-0.4, -0.2) is 40.4 Å². The summed E-state index contributed by atoms with van der Waals surface area (Å²) in [5, 5.41) is 11.7. The third kappa shape index (κ3) is 6.12. The molecule has 0 bridgehead atoms. The molecular weight excluding hydrogens is 564 g/mol. The van der Waals surface area contributed by atoms with Crippen LogP contribution in [0, 0.1) is 6.92 Å². The summed E-state index contributed by atoms with van der Waals surface area (Å²) in [7, 11) is 0. The molecular formula is C34H30N2O6S. The largest absolute Gasteiger partial charge is 0.507 e. The Labute approximate surface area is 253 Å². The lowest BCUT2D eigenvalue weighted by Gasteiger charge is -2.28. The van der Waals surface area contributed by atoms with Crippen LogP contribution in [0.4, 0.5) is 5.13 Å². The van der Waals surface area contributed by atoms with Gasteiger partial charge in [0.25, 0.3) is 5.78 Å². The van der Waals surface area contributed by atoms with Crippen molar-refractivity contribution in [1.29, 1.82) is 0 Å². The first kappa shape index (κ1) is 29.5. The van der Waals surface area contributed by atoms with Gasteiger partial charge in [0.05, 0.1) is 17.3 Å². The lowest BCUT2D eigenvalue weighted by molar-refractivity contribution is -0.132. The molecule has 8 nitrogen and oxygen atoms in total. The number of Topliss-reactive ketones (excluding diaryl/α,β-unsaturated/α-hetero) is 1. The zero-order chi connectivity index (χ0) is 30.5. The van der Waals surface area contributed by atoms with Crippen molar-refractivity contribution in [2.45, 2.75) is 32.4 Å². The minimum absolute atomic E-state index is 0.0249. The molecule has 1 N–H and O–H groups in total. The zero-order valence-corrected chi connectivity index (χ0v) is 24.5. The Morgan fingerprint density at radius 1 is 1.05 bits per heavy atom. The molecule has 1 amide bonds. The summed E-state index contributed by atoms with van der Waals surface area (Å²) >= 11 is 0.965. The lowest BCUT2D eigenvalue weighted by atomic mass is 9.87. The predicted molar refractivity (Wildman–Crippen MR) is 165 cm³/mol. The van der Waals surface area contributed by atoms with E-state index in [1.54, 1.807) is 31.2 Å². The highest BCUT2D eigenvalue weighted by molar-refractivity contribution is 7.17. The van der Waals surface area contributed by atoms with Crippen LogP contribution in [0.15, 0.2) is 103 Å². The van der Waals surface area contributed by atoms with E-state index in [4.69, 9.17) is 9.47 Å². The Hall–Kier alpha value is -5.02. The minimum Gasteiger partial charge on any atom is -0.507 e.